The van der Waals surface area contributed by atoms with Gasteiger partial charge in [-0.05, 0) is 28.1 Å². The molecule has 0 aliphatic heterocycles. The smallest absolute Gasteiger partial charge is 0.434 e. The maximum atomic E-state index is 12.6. The van der Waals surface area contributed by atoms with E-state index in [1.54, 1.807) is 0 Å². The molecule has 0 saturated heterocycles. The van der Waals surface area contributed by atoms with Crippen LogP contribution in [0.25, 0.3) is 11.4 Å². The zero-order valence-electron chi connectivity index (χ0n) is 10.1. The Morgan fingerprint density at radius 1 is 1.40 bits per heavy atom. The second-order valence-corrected chi connectivity index (χ2v) is 4.91. The van der Waals surface area contributed by atoms with E-state index >= 15 is 0 Å². The molecule has 0 aliphatic carbocycles. The summed E-state index contributed by atoms with van der Waals surface area (Å²) >= 11 is 3.08. The number of alkyl halides is 3. The van der Waals surface area contributed by atoms with Crippen molar-refractivity contribution in [1.82, 2.24) is 9.55 Å². The van der Waals surface area contributed by atoms with Crippen molar-refractivity contribution in [2.24, 2.45) is 7.05 Å². The molecule has 0 aliphatic rings. The van der Waals surface area contributed by atoms with E-state index in [2.05, 4.69) is 20.9 Å². The van der Waals surface area contributed by atoms with Gasteiger partial charge in [0.1, 0.15) is 5.82 Å². The number of carbonyl (C=O) groups is 1. The molecule has 0 fully saturated rings. The number of halogens is 4. The van der Waals surface area contributed by atoms with Gasteiger partial charge in [0.15, 0.2) is 5.69 Å². The number of aromatic nitrogens is 2. The number of benzene rings is 1. The molecule has 0 saturated carbocycles. The Bertz CT molecular complexity index is 680. The molecule has 1 aromatic carbocycles. The summed E-state index contributed by atoms with van der Waals surface area (Å²) in [5, 5.41) is 8.89. The molecule has 1 aromatic heterocycles. The lowest BCUT2D eigenvalue weighted by molar-refractivity contribution is -0.140. The van der Waals surface area contributed by atoms with Crippen LogP contribution in [0.1, 0.15) is 16.1 Å². The van der Waals surface area contributed by atoms with E-state index in [0.29, 0.717) is 5.56 Å². The lowest BCUT2D eigenvalue weighted by Crippen LogP contribution is -2.04. The first-order valence-corrected chi connectivity index (χ1v) is 6.13. The summed E-state index contributed by atoms with van der Waals surface area (Å²) in [6.07, 6.45) is -3.64. The highest BCUT2D eigenvalue weighted by Crippen LogP contribution is 2.31. The SMILES string of the molecule is Cn1cc(C(F)(F)F)nc1-c1ccc(C(=O)O)c(Br)c1. The number of aryl methyl sites for hydroxylation is 1. The van der Waals surface area contributed by atoms with Crippen molar-refractivity contribution in [3.8, 4) is 11.4 Å². The zero-order chi connectivity index (χ0) is 15.1. The van der Waals surface area contributed by atoms with Crippen molar-refractivity contribution in [3.05, 3.63) is 40.1 Å². The Labute approximate surface area is 120 Å². The fraction of sp³-hybridized carbons (Fsp3) is 0.167. The van der Waals surface area contributed by atoms with Gasteiger partial charge in [0.25, 0.3) is 0 Å². The van der Waals surface area contributed by atoms with Gasteiger partial charge in [-0.2, -0.15) is 13.2 Å². The largest absolute Gasteiger partial charge is 0.478 e. The summed E-state index contributed by atoms with van der Waals surface area (Å²) in [7, 11) is 1.44. The zero-order valence-corrected chi connectivity index (χ0v) is 11.7. The van der Waals surface area contributed by atoms with E-state index in [1.165, 1.54) is 29.8 Å². The fourth-order valence-corrected chi connectivity index (χ4v) is 2.25. The monoisotopic (exact) mass is 348 g/mol. The molecule has 8 heteroatoms. The average Bonchev–Trinajstić information content (AvgIpc) is 2.70. The average molecular weight is 349 g/mol. The molecule has 0 bridgehead atoms. The van der Waals surface area contributed by atoms with Crippen LogP contribution in [-0.4, -0.2) is 20.6 Å². The number of hydrogen-bond acceptors (Lipinski definition) is 2. The van der Waals surface area contributed by atoms with Crippen molar-refractivity contribution in [2.45, 2.75) is 6.18 Å². The quantitative estimate of drug-likeness (QED) is 0.902. The minimum absolute atomic E-state index is 0.0269. The minimum Gasteiger partial charge on any atom is -0.478 e. The Morgan fingerprint density at radius 2 is 2.05 bits per heavy atom. The Balaban J connectivity index is 2.50. The van der Waals surface area contributed by atoms with Crippen LogP contribution >= 0.6 is 15.9 Å². The van der Waals surface area contributed by atoms with Gasteiger partial charge in [0, 0.05) is 23.3 Å². The van der Waals surface area contributed by atoms with E-state index in [4.69, 9.17) is 5.11 Å². The van der Waals surface area contributed by atoms with Gasteiger partial charge in [-0.25, -0.2) is 9.78 Å². The van der Waals surface area contributed by atoms with Gasteiger partial charge < -0.3 is 9.67 Å². The highest BCUT2D eigenvalue weighted by Gasteiger charge is 2.34. The normalized spacial score (nSPS) is 11.7. The van der Waals surface area contributed by atoms with Crippen LogP contribution in [0.15, 0.2) is 28.9 Å². The first-order valence-electron chi connectivity index (χ1n) is 5.34. The Morgan fingerprint density at radius 3 is 2.50 bits per heavy atom. The molecule has 0 atom stereocenters. The minimum atomic E-state index is -4.52. The van der Waals surface area contributed by atoms with Crippen molar-refractivity contribution in [2.75, 3.05) is 0 Å². The lowest BCUT2D eigenvalue weighted by atomic mass is 10.1. The van der Waals surface area contributed by atoms with E-state index < -0.39 is 17.8 Å². The number of aromatic carboxylic acids is 1. The highest BCUT2D eigenvalue weighted by atomic mass is 79.9. The fourth-order valence-electron chi connectivity index (χ4n) is 1.70. The van der Waals surface area contributed by atoms with E-state index in [-0.39, 0.29) is 15.9 Å². The second kappa shape index (κ2) is 4.93. The summed E-state index contributed by atoms with van der Waals surface area (Å²) in [6, 6.07) is 4.15. The first-order chi connectivity index (χ1) is 9.20. The van der Waals surface area contributed by atoms with Gasteiger partial charge in [0.2, 0.25) is 0 Å². The molecule has 2 aromatic rings. The molecule has 0 spiro atoms. The van der Waals surface area contributed by atoms with E-state index in [0.717, 1.165) is 6.20 Å². The summed E-state index contributed by atoms with van der Waals surface area (Å²) < 4.78 is 39.3. The van der Waals surface area contributed by atoms with Gasteiger partial charge in [-0.3, -0.25) is 0 Å². The van der Waals surface area contributed by atoms with Gasteiger partial charge in [-0.1, -0.05) is 6.07 Å². The third-order valence-electron chi connectivity index (χ3n) is 2.62. The van der Waals surface area contributed by atoms with Crippen molar-refractivity contribution in [1.29, 1.82) is 0 Å². The third kappa shape index (κ3) is 2.69. The highest BCUT2D eigenvalue weighted by molar-refractivity contribution is 9.10. The molecule has 1 heterocycles. The van der Waals surface area contributed by atoms with E-state index in [9.17, 15) is 18.0 Å². The molecule has 4 nitrogen and oxygen atoms in total. The van der Waals surface area contributed by atoms with Crippen LogP contribution in [-0.2, 0) is 13.2 Å². The number of rotatable bonds is 2. The molecule has 106 valence electrons. The molecular weight excluding hydrogens is 341 g/mol. The van der Waals surface area contributed by atoms with Crippen LogP contribution in [0.5, 0.6) is 0 Å². The summed E-state index contributed by atoms with van der Waals surface area (Å²) in [6.45, 7) is 0. The topological polar surface area (TPSA) is 55.1 Å². The number of carboxylic acid groups (broad SMARTS) is 1. The molecule has 20 heavy (non-hydrogen) atoms. The summed E-state index contributed by atoms with van der Waals surface area (Å²) in [5.41, 5.74) is -0.577. The number of hydrogen-bond donors (Lipinski definition) is 1. The van der Waals surface area contributed by atoms with E-state index in [1.807, 2.05) is 0 Å². The molecule has 1 N–H and O–H groups in total. The van der Waals surface area contributed by atoms with Crippen molar-refractivity contribution >= 4 is 21.9 Å². The third-order valence-corrected chi connectivity index (χ3v) is 3.28. The molecule has 0 unspecified atom stereocenters. The standard InChI is InChI=1S/C12H8BrF3N2O2/c1-18-5-9(12(14,15)16)17-10(18)6-2-3-7(11(19)20)8(13)4-6/h2-5H,1H3,(H,19,20). The Kier molecular flexibility index (Phi) is 3.59. The van der Waals surface area contributed by atoms with Crippen molar-refractivity contribution < 1.29 is 23.1 Å². The molecule has 0 amide bonds. The number of imidazole rings is 1. The molecule has 0 radical (unpaired) electrons. The van der Waals surface area contributed by atoms with Crippen molar-refractivity contribution in [3.63, 3.8) is 0 Å². The molecular formula is C12H8BrF3N2O2. The summed E-state index contributed by atoms with van der Waals surface area (Å²) in [4.78, 5) is 14.4. The maximum Gasteiger partial charge on any atom is 0.434 e. The number of carboxylic acids is 1. The van der Waals surface area contributed by atoms with Crippen LogP contribution < -0.4 is 0 Å². The lowest BCUT2D eigenvalue weighted by Gasteiger charge is -2.04. The van der Waals surface area contributed by atoms with Crippen LogP contribution in [0.3, 0.4) is 0 Å². The van der Waals surface area contributed by atoms with Crippen LogP contribution in [0.2, 0.25) is 0 Å². The predicted molar refractivity (Wildman–Crippen MR) is 68.3 cm³/mol. The number of nitrogens with zero attached hydrogens (tertiary/aromatic N) is 2. The maximum absolute atomic E-state index is 12.6. The predicted octanol–water partition coefficient (Wildman–Crippen LogP) is 3.57. The van der Waals surface area contributed by atoms with Crippen LogP contribution in [0, 0.1) is 0 Å². The van der Waals surface area contributed by atoms with Gasteiger partial charge >= 0.3 is 12.1 Å². The second-order valence-electron chi connectivity index (χ2n) is 4.06. The van der Waals surface area contributed by atoms with Gasteiger partial charge in [0.05, 0.1) is 5.56 Å². The first kappa shape index (κ1) is 14.6. The van der Waals surface area contributed by atoms with Gasteiger partial charge in [-0.15, -0.1) is 0 Å². The summed E-state index contributed by atoms with van der Waals surface area (Å²) in [5.74, 6) is -1.02. The molecule has 2 rings (SSSR count). The van der Waals surface area contributed by atoms with Crippen LogP contribution in [0.4, 0.5) is 13.2 Å². The Hall–Kier alpha value is -1.83.